The van der Waals surface area contributed by atoms with Crippen LogP contribution in [0.4, 0.5) is 5.69 Å². The lowest BCUT2D eigenvalue weighted by molar-refractivity contribution is -0.117. The van der Waals surface area contributed by atoms with E-state index in [0.717, 1.165) is 31.7 Å². The van der Waals surface area contributed by atoms with Crippen molar-refractivity contribution in [2.75, 3.05) is 24.5 Å². The molecule has 0 radical (unpaired) electrons. The molecule has 3 heteroatoms. The molecule has 90 valence electrons. The Morgan fingerprint density at radius 3 is 2.71 bits per heavy atom. The number of hydrogen-bond acceptors (Lipinski definition) is 2. The summed E-state index contributed by atoms with van der Waals surface area (Å²) in [6, 6.07) is 8.24. The summed E-state index contributed by atoms with van der Waals surface area (Å²) in [5.41, 5.74) is 2.48. The highest BCUT2D eigenvalue weighted by atomic mass is 16.2. The van der Waals surface area contributed by atoms with E-state index in [4.69, 9.17) is 0 Å². The van der Waals surface area contributed by atoms with Crippen LogP contribution in [0.3, 0.4) is 0 Å². The molecule has 0 saturated carbocycles. The summed E-state index contributed by atoms with van der Waals surface area (Å²) in [5.74, 6) is 0.276. The summed E-state index contributed by atoms with van der Waals surface area (Å²) in [6.07, 6.45) is 1.83. The molecular weight excluding hydrogens is 212 g/mol. The molecule has 2 fully saturated rings. The van der Waals surface area contributed by atoms with Crippen LogP contribution in [0.2, 0.25) is 0 Å². The largest absolute Gasteiger partial charge is 0.316 e. The summed E-state index contributed by atoms with van der Waals surface area (Å²) in [7, 11) is 0. The minimum atomic E-state index is 0.196. The normalized spacial score (nSPS) is 28.3. The van der Waals surface area contributed by atoms with Gasteiger partial charge in [0, 0.05) is 30.6 Å². The number of amides is 1. The fourth-order valence-electron chi connectivity index (χ4n) is 2.94. The fourth-order valence-corrected chi connectivity index (χ4v) is 2.94. The highest BCUT2D eigenvalue weighted by molar-refractivity contribution is 5.96. The van der Waals surface area contributed by atoms with Crippen LogP contribution in [-0.4, -0.2) is 25.5 Å². The molecule has 1 aromatic carbocycles. The van der Waals surface area contributed by atoms with Gasteiger partial charge in [-0.25, -0.2) is 0 Å². The van der Waals surface area contributed by atoms with E-state index in [1.54, 1.807) is 0 Å². The maximum atomic E-state index is 12.1. The Morgan fingerprint density at radius 2 is 2.06 bits per heavy atom. The van der Waals surface area contributed by atoms with Crippen LogP contribution in [0.15, 0.2) is 24.3 Å². The van der Waals surface area contributed by atoms with Crippen molar-refractivity contribution in [2.45, 2.75) is 19.8 Å². The Morgan fingerprint density at radius 1 is 1.29 bits per heavy atom. The second-order valence-corrected chi connectivity index (χ2v) is 5.42. The molecule has 2 aliphatic heterocycles. The standard InChI is InChI=1S/C14H18N2O/c1-11-2-4-12(5-3-11)16-10-14(8-13(16)17)6-7-15-9-14/h2-5,15H,6-10H2,1H3/t14-/m0/s1. The third-order valence-electron chi connectivity index (χ3n) is 4.00. The SMILES string of the molecule is Cc1ccc(N2C[C@@]3(CCNC3)CC2=O)cc1. The number of rotatable bonds is 1. The Labute approximate surface area is 102 Å². The molecule has 17 heavy (non-hydrogen) atoms. The summed E-state index contributed by atoms with van der Waals surface area (Å²) in [4.78, 5) is 14.1. The van der Waals surface area contributed by atoms with E-state index in [1.165, 1.54) is 5.56 Å². The zero-order valence-electron chi connectivity index (χ0n) is 10.2. The van der Waals surface area contributed by atoms with E-state index in [0.29, 0.717) is 6.42 Å². The summed E-state index contributed by atoms with van der Waals surface area (Å²) < 4.78 is 0. The second-order valence-electron chi connectivity index (χ2n) is 5.42. The van der Waals surface area contributed by atoms with Crippen molar-refractivity contribution >= 4 is 11.6 Å². The average molecular weight is 230 g/mol. The third kappa shape index (κ3) is 1.84. The molecule has 0 aliphatic carbocycles. The fraction of sp³-hybridized carbons (Fsp3) is 0.500. The number of anilines is 1. The minimum Gasteiger partial charge on any atom is -0.316 e. The van der Waals surface area contributed by atoms with Gasteiger partial charge in [0.05, 0.1) is 0 Å². The first-order valence-electron chi connectivity index (χ1n) is 6.26. The molecule has 1 aromatic rings. The maximum Gasteiger partial charge on any atom is 0.227 e. The Bertz CT molecular complexity index is 432. The van der Waals surface area contributed by atoms with Gasteiger partial charge in [-0.3, -0.25) is 4.79 Å². The number of carbonyl (C=O) groups excluding carboxylic acids is 1. The van der Waals surface area contributed by atoms with Crippen molar-refractivity contribution in [1.29, 1.82) is 0 Å². The van der Waals surface area contributed by atoms with Crippen molar-refractivity contribution in [3.63, 3.8) is 0 Å². The van der Waals surface area contributed by atoms with Crippen LogP contribution < -0.4 is 10.2 Å². The van der Waals surface area contributed by atoms with Gasteiger partial charge in [0.1, 0.15) is 0 Å². The average Bonchev–Trinajstić information content (AvgIpc) is 2.88. The monoisotopic (exact) mass is 230 g/mol. The smallest absolute Gasteiger partial charge is 0.227 e. The second kappa shape index (κ2) is 3.84. The molecule has 2 heterocycles. The number of benzene rings is 1. The topological polar surface area (TPSA) is 32.3 Å². The first-order valence-corrected chi connectivity index (χ1v) is 6.26. The first kappa shape index (κ1) is 10.8. The third-order valence-corrected chi connectivity index (χ3v) is 4.00. The predicted molar refractivity (Wildman–Crippen MR) is 68.1 cm³/mol. The van der Waals surface area contributed by atoms with Crippen LogP contribution in [0, 0.1) is 12.3 Å². The van der Waals surface area contributed by atoms with Crippen molar-refractivity contribution in [3.05, 3.63) is 29.8 Å². The molecule has 2 aliphatic rings. The van der Waals surface area contributed by atoms with Crippen molar-refractivity contribution in [3.8, 4) is 0 Å². The van der Waals surface area contributed by atoms with Gasteiger partial charge in [-0.1, -0.05) is 17.7 Å². The summed E-state index contributed by atoms with van der Waals surface area (Å²) in [5, 5.41) is 3.38. The number of carbonyl (C=O) groups is 1. The number of nitrogens with one attached hydrogen (secondary N) is 1. The van der Waals surface area contributed by atoms with Gasteiger partial charge in [0.15, 0.2) is 0 Å². The lowest BCUT2D eigenvalue weighted by atomic mass is 9.86. The van der Waals surface area contributed by atoms with Gasteiger partial charge in [0.25, 0.3) is 0 Å². The van der Waals surface area contributed by atoms with Crippen molar-refractivity contribution < 1.29 is 4.79 Å². The molecule has 0 unspecified atom stereocenters. The Balaban J connectivity index is 1.85. The molecule has 2 saturated heterocycles. The van der Waals surface area contributed by atoms with E-state index in [9.17, 15) is 4.79 Å². The molecule has 0 bridgehead atoms. The minimum absolute atomic E-state index is 0.196. The number of nitrogens with zero attached hydrogens (tertiary/aromatic N) is 1. The van der Waals surface area contributed by atoms with E-state index in [1.807, 2.05) is 4.90 Å². The zero-order valence-corrected chi connectivity index (χ0v) is 10.2. The van der Waals surface area contributed by atoms with Crippen LogP contribution in [0.25, 0.3) is 0 Å². The van der Waals surface area contributed by atoms with Gasteiger partial charge in [-0.05, 0) is 32.0 Å². The van der Waals surface area contributed by atoms with Crippen LogP contribution in [0.1, 0.15) is 18.4 Å². The predicted octanol–water partition coefficient (Wildman–Crippen LogP) is 1.71. The molecule has 0 aromatic heterocycles. The molecule has 3 nitrogen and oxygen atoms in total. The number of aryl methyl sites for hydroxylation is 1. The van der Waals surface area contributed by atoms with Gasteiger partial charge >= 0.3 is 0 Å². The molecule has 1 amide bonds. The van der Waals surface area contributed by atoms with E-state index in [-0.39, 0.29) is 11.3 Å². The van der Waals surface area contributed by atoms with Crippen LogP contribution in [-0.2, 0) is 4.79 Å². The summed E-state index contributed by atoms with van der Waals surface area (Å²) >= 11 is 0. The van der Waals surface area contributed by atoms with Crippen molar-refractivity contribution in [2.24, 2.45) is 5.41 Å². The Hall–Kier alpha value is -1.35. The lowest BCUT2D eigenvalue weighted by Crippen LogP contribution is -2.29. The van der Waals surface area contributed by atoms with E-state index in [2.05, 4.69) is 36.5 Å². The molecular formula is C14H18N2O. The van der Waals surface area contributed by atoms with Gasteiger partial charge in [0.2, 0.25) is 5.91 Å². The quantitative estimate of drug-likeness (QED) is 0.796. The van der Waals surface area contributed by atoms with E-state index < -0.39 is 0 Å². The van der Waals surface area contributed by atoms with Crippen molar-refractivity contribution in [1.82, 2.24) is 5.32 Å². The molecule has 1 N–H and O–H groups in total. The van der Waals surface area contributed by atoms with Gasteiger partial charge in [-0.15, -0.1) is 0 Å². The molecule has 1 spiro atoms. The summed E-state index contributed by atoms with van der Waals surface area (Å²) in [6.45, 7) is 4.98. The number of hydrogen-bond donors (Lipinski definition) is 1. The molecule has 1 atom stereocenters. The van der Waals surface area contributed by atoms with Crippen LogP contribution in [0.5, 0.6) is 0 Å². The van der Waals surface area contributed by atoms with Gasteiger partial charge < -0.3 is 10.2 Å². The first-order chi connectivity index (χ1) is 8.19. The van der Waals surface area contributed by atoms with Gasteiger partial charge in [-0.2, -0.15) is 0 Å². The lowest BCUT2D eigenvalue weighted by Gasteiger charge is -2.22. The molecule has 3 rings (SSSR count). The highest BCUT2D eigenvalue weighted by Gasteiger charge is 2.45. The zero-order chi connectivity index (χ0) is 11.9. The van der Waals surface area contributed by atoms with E-state index >= 15 is 0 Å². The maximum absolute atomic E-state index is 12.1. The highest BCUT2D eigenvalue weighted by Crippen LogP contribution is 2.38. The Kier molecular flexibility index (Phi) is 2.44. The van der Waals surface area contributed by atoms with Crippen LogP contribution >= 0.6 is 0 Å².